The number of amides is 3. The molecule has 0 atom stereocenters. The van der Waals surface area contributed by atoms with Crippen LogP contribution in [0.3, 0.4) is 0 Å². The van der Waals surface area contributed by atoms with Crippen LogP contribution >= 0.6 is 12.4 Å². The van der Waals surface area contributed by atoms with Gasteiger partial charge in [0.15, 0.2) is 0 Å². The number of aromatic nitrogens is 3. The van der Waals surface area contributed by atoms with Crippen LogP contribution in [0.25, 0.3) is 0 Å². The largest absolute Gasteiger partial charge is 0.325 e. The van der Waals surface area contributed by atoms with Crippen LogP contribution in [-0.2, 0) is 18.4 Å². The SMILES string of the molecule is Cc1nc(CN2C(=O)NC3(CCNCC3)C2=O)n(C)n1.Cl. The number of carbonyl (C=O) groups is 2. The third-order valence-electron chi connectivity index (χ3n) is 3.96. The summed E-state index contributed by atoms with van der Waals surface area (Å²) in [5.74, 6) is 1.09. The average molecular weight is 315 g/mol. The highest BCUT2D eigenvalue weighted by Crippen LogP contribution is 2.27. The van der Waals surface area contributed by atoms with E-state index in [9.17, 15) is 9.59 Å². The highest BCUT2D eigenvalue weighted by molar-refractivity contribution is 6.07. The Labute approximate surface area is 128 Å². The van der Waals surface area contributed by atoms with Crippen molar-refractivity contribution in [2.45, 2.75) is 31.8 Å². The van der Waals surface area contributed by atoms with E-state index in [-0.39, 0.29) is 30.9 Å². The lowest BCUT2D eigenvalue weighted by Crippen LogP contribution is -2.53. The van der Waals surface area contributed by atoms with Gasteiger partial charge in [0.2, 0.25) is 0 Å². The number of halogens is 1. The molecule has 1 aromatic rings. The first kappa shape index (κ1) is 15.7. The summed E-state index contributed by atoms with van der Waals surface area (Å²) < 4.78 is 1.60. The molecule has 1 spiro atoms. The molecule has 2 aliphatic heterocycles. The van der Waals surface area contributed by atoms with Crippen molar-refractivity contribution in [2.75, 3.05) is 13.1 Å². The van der Waals surface area contributed by atoms with Crippen molar-refractivity contribution in [3.63, 3.8) is 0 Å². The van der Waals surface area contributed by atoms with E-state index >= 15 is 0 Å². The van der Waals surface area contributed by atoms with Crippen LogP contribution in [0.2, 0.25) is 0 Å². The van der Waals surface area contributed by atoms with Crippen LogP contribution < -0.4 is 10.6 Å². The van der Waals surface area contributed by atoms with Crippen molar-refractivity contribution < 1.29 is 9.59 Å². The topological polar surface area (TPSA) is 92.2 Å². The summed E-state index contributed by atoms with van der Waals surface area (Å²) >= 11 is 0. The Morgan fingerprint density at radius 2 is 1.95 bits per heavy atom. The van der Waals surface area contributed by atoms with E-state index in [4.69, 9.17) is 0 Å². The van der Waals surface area contributed by atoms with Crippen molar-refractivity contribution in [2.24, 2.45) is 7.05 Å². The molecule has 3 rings (SSSR count). The van der Waals surface area contributed by atoms with Crippen LogP contribution in [0.4, 0.5) is 4.79 Å². The Balaban J connectivity index is 0.00000161. The zero-order chi connectivity index (χ0) is 14.3. The Morgan fingerprint density at radius 1 is 1.29 bits per heavy atom. The van der Waals surface area contributed by atoms with Gasteiger partial charge in [-0.3, -0.25) is 14.4 Å². The lowest BCUT2D eigenvalue weighted by molar-refractivity contribution is -0.132. The van der Waals surface area contributed by atoms with Gasteiger partial charge in [0.1, 0.15) is 17.2 Å². The maximum absolute atomic E-state index is 12.6. The highest BCUT2D eigenvalue weighted by Gasteiger charge is 2.51. The standard InChI is InChI=1S/C12H18N6O2.ClH/c1-8-14-9(17(2)16-8)7-18-10(19)12(15-11(18)20)3-5-13-6-4-12;/h13H,3-7H2,1-2H3,(H,15,20);1H. The zero-order valence-electron chi connectivity index (χ0n) is 12.0. The molecule has 116 valence electrons. The number of hydrogen-bond acceptors (Lipinski definition) is 5. The van der Waals surface area contributed by atoms with Gasteiger partial charge in [-0.05, 0) is 32.9 Å². The molecule has 1 aromatic heterocycles. The predicted octanol–water partition coefficient (Wildman–Crippen LogP) is -0.281. The molecular weight excluding hydrogens is 296 g/mol. The highest BCUT2D eigenvalue weighted by atomic mass is 35.5. The summed E-state index contributed by atoms with van der Waals surface area (Å²) in [6.45, 7) is 3.42. The second-order valence-corrected chi connectivity index (χ2v) is 5.35. The summed E-state index contributed by atoms with van der Waals surface area (Å²) in [7, 11) is 1.76. The fourth-order valence-electron chi connectivity index (χ4n) is 2.85. The van der Waals surface area contributed by atoms with Crippen LogP contribution in [0, 0.1) is 6.92 Å². The van der Waals surface area contributed by atoms with Gasteiger partial charge in [-0.1, -0.05) is 0 Å². The zero-order valence-corrected chi connectivity index (χ0v) is 12.9. The van der Waals surface area contributed by atoms with Gasteiger partial charge >= 0.3 is 6.03 Å². The van der Waals surface area contributed by atoms with Crippen molar-refractivity contribution in [1.82, 2.24) is 30.3 Å². The lowest BCUT2D eigenvalue weighted by atomic mass is 9.88. The quantitative estimate of drug-likeness (QED) is 0.733. The van der Waals surface area contributed by atoms with Gasteiger partial charge < -0.3 is 10.6 Å². The minimum atomic E-state index is -0.726. The molecule has 0 unspecified atom stereocenters. The molecule has 21 heavy (non-hydrogen) atoms. The fourth-order valence-corrected chi connectivity index (χ4v) is 2.85. The number of imide groups is 1. The number of carbonyl (C=O) groups excluding carboxylic acids is 2. The summed E-state index contributed by atoms with van der Waals surface area (Å²) in [5.41, 5.74) is -0.726. The Hall–Kier alpha value is -1.67. The van der Waals surface area contributed by atoms with Crippen molar-refractivity contribution >= 4 is 24.3 Å². The summed E-state index contributed by atoms with van der Waals surface area (Å²) in [4.78, 5) is 30.2. The molecule has 0 radical (unpaired) electrons. The van der Waals surface area contributed by atoms with Crippen LogP contribution in [-0.4, -0.2) is 50.2 Å². The second kappa shape index (κ2) is 5.61. The van der Waals surface area contributed by atoms with E-state index in [0.717, 1.165) is 13.1 Å². The van der Waals surface area contributed by atoms with Gasteiger partial charge in [0.25, 0.3) is 5.91 Å². The molecule has 2 N–H and O–H groups in total. The number of nitrogens with one attached hydrogen (secondary N) is 2. The molecule has 0 aromatic carbocycles. The van der Waals surface area contributed by atoms with Gasteiger partial charge in [-0.15, -0.1) is 12.4 Å². The van der Waals surface area contributed by atoms with Gasteiger partial charge in [0, 0.05) is 7.05 Å². The van der Waals surface area contributed by atoms with E-state index < -0.39 is 5.54 Å². The van der Waals surface area contributed by atoms with E-state index in [1.54, 1.807) is 18.7 Å². The Bertz CT molecular complexity index is 566. The molecule has 3 amide bonds. The first-order chi connectivity index (χ1) is 9.52. The molecule has 2 saturated heterocycles. The smallest absolute Gasteiger partial charge is 0.323 e. The van der Waals surface area contributed by atoms with Crippen LogP contribution in [0.5, 0.6) is 0 Å². The summed E-state index contributed by atoms with van der Waals surface area (Å²) in [6.07, 6.45) is 1.26. The molecule has 9 heteroatoms. The molecule has 0 aliphatic carbocycles. The number of nitrogens with zero attached hydrogens (tertiary/aromatic N) is 4. The lowest BCUT2D eigenvalue weighted by Gasteiger charge is -2.31. The second-order valence-electron chi connectivity index (χ2n) is 5.35. The number of hydrogen-bond donors (Lipinski definition) is 2. The molecule has 2 fully saturated rings. The third-order valence-corrected chi connectivity index (χ3v) is 3.96. The van der Waals surface area contributed by atoms with Crippen molar-refractivity contribution in [3.05, 3.63) is 11.6 Å². The van der Waals surface area contributed by atoms with Crippen molar-refractivity contribution in [1.29, 1.82) is 0 Å². The maximum Gasteiger partial charge on any atom is 0.325 e. The Kier molecular flexibility index (Phi) is 4.20. The average Bonchev–Trinajstić information content (AvgIpc) is 2.83. The van der Waals surface area contributed by atoms with Crippen molar-refractivity contribution in [3.8, 4) is 0 Å². The molecule has 3 heterocycles. The Morgan fingerprint density at radius 3 is 2.52 bits per heavy atom. The van der Waals surface area contributed by atoms with E-state index in [0.29, 0.717) is 24.5 Å². The molecule has 0 bridgehead atoms. The molecular formula is C12H19ClN6O2. The number of aryl methyl sites for hydroxylation is 2. The third kappa shape index (κ3) is 2.60. The van der Waals surface area contributed by atoms with Gasteiger partial charge in [0.05, 0.1) is 6.54 Å². The number of urea groups is 1. The fraction of sp³-hybridized carbons (Fsp3) is 0.667. The van der Waals surface area contributed by atoms with Crippen LogP contribution in [0.1, 0.15) is 24.5 Å². The molecule has 8 nitrogen and oxygen atoms in total. The normalized spacial score (nSPS) is 20.6. The van der Waals surface area contributed by atoms with Crippen LogP contribution in [0.15, 0.2) is 0 Å². The predicted molar refractivity (Wildman–Crippen MR) is 76.9 cm³/mol. The minimum Gasteiger partial charge on any atom is -0.323 e. The molecule has 0 saturated carbocycles. The number of rotatable bonds is 2. The van der Waals surface area contributed by atoms with Gasteiger partial charge in [-0.25, -0.2) is 9.78 Å². The summed E-state index contributed by atoms with van der Waals surface area (Å²) in [5, 5.41) is 10.2. The maximum atomic E-state index is 12.6. The minimum absolute atomic E-state index is 0. The summed E-state index contributed by atoms with van der Waals surface area (Å²) in [6, 6.07) is -0.336. The first-order valence-corrected chi connectivity index (χ1v) is 6.73. The molecule has 2 aliphatic rings. The monoisotopic (exact) mass is 314 g/mol. The van der Waals surface area contributed by atoms with Gasteiger partial charge in [-0.2, -0.15) is 5.10 Å². The first-order valence-electron chi connectivity index (χ1n) is 6.73. The van der Waals surface area contributed by atoms with E-state index in [2.05, 4.69) is 20.7 Å². The van der Waals surface area contributed by atoms with E-state index in [1.807, 2.05) is 0 Å². The van der Waals surface area contributed by atoms with E-state index in [1.165, 1.54) is 4.90 Å². The number of piperidine rings is 1.